The SMILES string of the molecule is O=Cc1ccc(C#Cc2ccc(NCc3ccccc3)nn2)cc1. The molecular formula is C20H15N3O. The number of carbonyl (C=O) groups excluding carboxylic acids is 1. The Bertz CT molecular complexity index is 861. The number of hydrogen-bond donors (Lipinski definition) is 1. The molecule has 3 aromatic rings. The van der Waals surface area contributed by atoms with Gasteiger partial charge in [0.05, 0.1) is 0 Å². The Morgan fingerprint density at radius 2 is 1.67 bits per heavy atom. The van der Waals surface area contributed by atoms with E-state index < -0.39 is 0 Å². The molecule has 2 aromatic carbocycles. The van der Waals surface area contributed by atoms with Crippen molar-refractivity contribution >= 4 is 12.1 Å². The number of nitrogens with zero attached hydrogens (tertiary/aromatic N) is 2. The molecule has 4 heteroatoms. The molecule has 0 bridgehead atoms. The lowest BCUT2D eigenvalue weighted by molar-refractivity contribution is 0.112. The zero-order valence-electron chi connectivity index (χ0n) is 12.9. The van der Waals surface area contributed by atoms with E-state index in [0.29, 0.717) is 23.6 Å². The van der Waals surface area contributed by atoms with Gasteiger partial charge in [-0.25, -0.2) is 0 Å². The lowest BCUT2D eigenvalue weighted by atomic mass is 10.1. The highest BCUT2D eigenvalue weighted by atomic mass is 16.1. The summed E-state index contributed by atoms with van der Waals surface area (Å²) >= 11 is 0. The largest absolute Gasteiger partial charge is 0.365 e. The highest BCUT2D eigenvalue weighted by molar-refractivity contribution is 5.74. The summed E-state index contributed by atoms with van der Waals surface area (Å²) in [6.07, 6.45) is 0.809. The molecule has 24 heavy (non-hydrogen) atoms. The number of aromatic nitrogens is 2. The van der Waals surface area contributed by atoms with Crippen LogP contribution in [0, 0.1) is 11.8 Å². The third-order valence-electron chi connectivity index (χ3n) is 3.36. The van der Waals surface area contributed by atoms with E-state index in [2.05, 4.69) is 39.5 Å². The number of aldehydes is 1. The molecule has 0 radical (unpaired) electrons. The summed E-state index contributed by atoms with van der Waals surface area (Å²) in [5.41, 5.74) is 3.24. The first-order chi connectivity index (χ1) is 11.8. The number of carbonyl (C=O) groups is 1. The highest BCUT2D eigenvalue weighted by Gasteiger charge is 1.96. The van der Waals surface area contributed by atoms with Crippen molar-refractivity contribution in [2.75, 3.05) is 5.32 Å². The maximum absolute atomic E-state index is 10.6. The summed E-state index contributed by atoms with van der Waals surface area (Å²) in [5, 5.41) is 11.4. The molecule has 0 aliphatic carbocycles. The predicted octanol–water partition coefficient (Wildman–Crippen LogP) is 3.30. The van der Waals surface area contributed by atoms with Gasteiger partial charge in [0.25, 0.3) is 0 Å². The Labute approximate surface area is 140 Å². The zero-order valence-corrected chi connectivity index (χ0v) is 12.9. The van der Waals surface area contributed by atoms with Crippen LogP contribution in [0.3, 0.4) is 0 Å². The van der Waals surface area contributed by atoms with Gasteiger partial charge in [-0.05, 0) is 35.7 Å². The molecule has 0 amide bonds. The Kier molecular flexibility index (Phi) is 4.96. The van der Waals surface area contributed by atoms with Gasteiger partial charge in [-0.1, -0.05) is 48.4 Å². The lowest BCUT2D eigenvalue weighted by Crippen LogP contribution is -2.02. The van der Waals surface area contributed by atoms with Crippen molar-refractivity contribution in [3.05, 3.63) is 89.1 Å². The molecule has 0 fully saturated rings. The van der Waals surface area contributed by atoms with E-state index in [1.807, 2.05) is 30.3 Å². The van der Waals surface area contributed by atoms with Crippen LogP contribution in [0.4, 0.5) is 5.82 Å². The second-order valence-electron chi connectivity index (χ2n) is 5.13. The molecule has 1 heterocycles. The molecule has 0 spiro atoms. The fourth-order valence-electron chi connectivity index (χ4n) is 2.06. The van der Waals surface area contributed by atoms with Crippen LogP contribution in [0.2, 0.25) is 0 Å². The zero-order chi connectivity index (χ0) is 16.6. The van der Waals surface area contributed by atoms with E-state index in [0.717, 1.165) is 11.8 Å². The number of nitrogens with one attached hydrogen (secondary N) is 1. The van der Waals surface area contributed by atoms with Crippen LogP contribution < -0.4 is 5.32 Å². The van der Waals surface area contributed by atoms with E-state index >= 15 is 0 Å². The summed E-state index contributed by atoms with van der Waals surface area (Å²) in [5.74, 6) is 6.67. The Hall–Kier alpha value is -3.45. The highest BCUT2D eigenvalue weighted by Crippen LogP contribution is 2.06. The third-order valence-corrected chi connectivity index (χ3v) is 3.36. The van der Waals surface area contributed by atoms with E-state index in [1.54, 1.807) is 24.3 Å². The van der Waals surface area contributed by atoms with E-state index in [1.165, 1.54) is 5.56 Å². The van der Waals surface area contributed by atoms with Gasteiger partial charge >= 0.3 is 0 Å². The smallest absolute Gasteiger partial charge is 0.150 e. The van der Waals surface area contributed by atoms with Crippen LogP contribution in [0.1, 0.15) is 27.2 Å². The summed E-state index contributed by atoms with van der Waals surface area (Å²) in [4.78, 5) is 10.6. The van der Waals surface area contributed by atoms with Crippen molar-refractivity contribution in [3.8, 4) is 11.8 Å². The minimum absolute atomic E-state index is 0.597. The number of benzene rings is 2. The van der Waals surface area contributed by atoms with Crippen molar-refractivity contribution in [3.63, 3.8) is 0 Å². The van der Waals surface area contributed by atoms with Crippen LogP contribution in [0.15, 0.2) is 66.7 Å². The minimum Gasteiger partial charge on any atom is -0.365 e. The van der Waals surface area contributed by atoms with E-state index in [9.17, 15) is 4.79 Å². The number of rotatable bonds is 4. The molecule has 116 valence electrons. The van der Waals surface area contributed by atoms with Crippen LogP contribution in [-0.4, -0.2) is 16.5 Å². The minimum atomic E-state index is 0.597. The topological polar surface area (TPSA) is 54.9 Å². The average molecular weight is 313 g/mol. The maximum atomic E-state index is 10.6. The molecule has 0 aliphatic rings. The summed E-state index contributed by atoms with van der Waals surface area (Å²) in [6, 6.07) is 20.9. The molecule has 0 atom stereocenters. The van der Waals surface area contributed by atoms with Crippen molar-refractivity contribution in [2.24, 2.45) is 0 Å². The van der Waals surface area contributed by atoms with Gasteiger partial charge in [0, 0.05) is 17.7 Å². The quantitative estimate of drug-likeness (QED) is 0.593. The van der Waals surface area contributed by atoms with Crippen LogP contribution >= 0.6 is 0 Å². The molecule has 0 unspecified atom stereocenters. The molecule has 0 saturated carbocycles. The normalized spacial score (nSPS) is 9.67. The van der Waals surface area contributed by atoms with Gasteiger partial charge < -0.3 is 5.32 Å². The first-order valence-corrected chi connectivity index (χ1v) is 7.52. The molecular weight excluding hydrogens is 298 g/mol. The van der Waals surface area contributed by atoms with Gasteiger partial charge in [0.15, 0.2) is 0 Å². The number of anilines is 1. The second kappa shape index (κ2) is 7.70. The summed E-state index contributed by atoms with van der Waals surface area (Å²) in [6.45, 7) is 0.698. The third kappa shape index (κ3) is 4.28. The summed E-state index contributed by atoms with van der Waals surface area (Å²) in [7, 11) is 0. The average Bonchev–Trinajstić information content (AvgIpc) is 2.67. The van der Waals surface area contributed by atoms with Gasteiger partial charge in [0.2, 0.25) is 0 Å². The molecule has 1 aromatic heterocycles. The van der Waals surface area contributed by atoms with Gasteiger partial charge in [-0.3, -0.25) is 4.79 Å². The van der Waals surface area contributed by atoms with Crippen LogP contribution in [0.5, 0.6) is 0 Å². The van der Waals surface area contributed by atoms with Gasteiger partial charge in [-0.2, -0.15) is 0 Å². The standard InChI is InChI=1S/C20H15N3O/c24-15-18-8-6-16(7-9-18)10-11-19-12-13-20(23-22-19)21-14-17-4-2-1-3-5-17/h1-9,12-13,15H,14H2,(H,21,23). The fourth-order valence-corrected chi connectivity index (χ4v) is 2.06. The maximum Gasteiger partial charge on any atom is 0.150 e. The predicted molar refractivity (Wildman–Crippen MR) is 93.6 cm³/mol. The Balaban J connectivity index is 1.62. The van der Waals surface area contributed by atoms with Crippen molar-refractivity contribution in [1.29, 1.82) is 0 Å². The Morgan fingerprint density at radius 3 is 2.33 bits per heavy atom. The molecule has 3 rings (SSSR count). The molecule has 1 N–H and O–H groups in total. The monoisotopic (exact) mass is 313 g/mol. The Morgan fingerprint density at radius 1 is 0.875 bits per heavy atom. The van der Waals surface area contributed by atoms with Crippen LogP contribution in [0.25, 0.3) is 0 Å². The first kappa shape index (κ1) is 15.4. The number of hydrogen-bond acceptors (Lipinski definition) is 4. The van der Waals surface area contributed by atoms with E-state index in [4.69, 9.17) is 0 Å². The van der Waals surface area contributed by atoms with Crippen molar-refractivity contribution < 1.29 is 4.79 Å². The molecule has 4 nitrogen and oxygen atoms in total. The van der Waals surface area contributed by atoms with Crippen molar-refractivity contribution in [2.45, 2.75) is 6.54 Å². The van der Waals surface area contributed by atoms with Crippen LogP contribution in [-0.2, 0) is 6.54 Å². The second-order valence-corrected chi connectivity index (χ2v) is 5.13. The molecule has 0 saturated heterocycles. The van der Waals surface area contributed by atoms with Gasteiger partial charge in [-0.15, -0.1) is 10.2 Å². The van der Waals surface area contributed by atoms with Gasteiger partial charge in [0.1, 0.15) is 17.8 Å². The molecule has 0 aliphatic heterocycles. The first-order valence-electron chi connectivity index (χ1n) is 7.52. The van der Waals surface area contributed by atoms with Crippen molar-refractivity contribution in [1.82, 2.24) is 10.2 Å². The fraction of sp³-hybridized carbons (Fsp3) is 0.0500. The lowest BCUT2D eigenvalue weighted by Gasteiger charge is -2.04. The summed E-state index contributed by atoms with van der Waals surface area (Å²) < 4.78 is 0. The van der Waals surface area contributed by atoms with E-state index in [-0.39, 0.29) is 0 Å².